The van der Waals surface area contributed by atoms with Gasteiger partial charge in [-0.3, -0.25) is 10.00 Å². The first kappa shape index (κ1) is 14.1. The third kappa shape index (κ3) is 2.95. The monoisotopic (exact) mass is 348 g/mol. The number of anilines is 1. The number of hydrogen-bond acceptors (Lipinski definition) is 2. The number of rotatable bonds is 1. The molecule has 21 heavy (non-hydrogen) atoms. The molecule has 0 radical (unpaired) electrons. The summed E-state index contributed by atoms with van der Waals surface area (Å²) < 4.78 is 2.76. The van der Waals surface area contributed by atoms with Gasteiger partial charge in [0.25, 0.3) is 0 Å². The topological polar surface area (TPSA) is 50.2 Å². The summed E-state index contributed by atoms with van der Waals surface area (Å²) in [7, 11) is 1.83. The van der Waals surface area contributed by atoms with E-state index in [-0.39, 0.29) is 6.03 Å². The van der Waals surface area contributed by atoms with Crippen molar-refractivity contribution in [1.82, 2.24) is 14.7 Å². The fourth-order valence-electron chi connectivity index (χ4n) is 2.55. The number of aryl methyl sites for hydroxylation is 2. The summed E-state index contributed by atoms with van der Waals surface area (Å²) in [5.74, 6) is 0.582. The molecular formula is C15H17BrN4O. The molecule has 0 saturated carbocycles. The van der Waals surface area contributed by atoms with Gasteiger partial charge >= 0.3 is 6.03 Å². The molecule has 0 fully saturated rings. The second kappa shape index (κ2) is 5.52. The lowest BCUT2D eigenvalue weighted by molar-refractivity contribution is 0.206. The number of hydrogen-bond donors (Lipinski definition) is 1. The molecule has 0 aliphatic carbocycles. The van der Waals surface area contributed by atoms with Gasteiger partial charge in [-0.2, -0.15) is 5.10 Å². The van der Waals surface area contributed by atoms with E-state index < -0.39 is 0 Å². The molecule has 6 heteroatoms. The minimum Gasteiger partial charge on any atom is -0.320 e. The molecule has 0 saturated heterocycles. The molecule has 0 atom stereocenters. The number of halogens is 1. The Morgan fingerprint density at radius 1 is 1.38 bits per heavy atom. The predicted molar refractivity (Wildman–Crippen MR) is 85.2 cm³/mol. The summed E-state index contributed by atoms with van der Waals surface area (Å²) in [6.07, 6.45) is 2.69. The summed E-state index contributed by atoms with van der Waals surface area (Å²) >= 11 is 3.56. The molecule has 2 heterocycles. The van der Waals surface area contributed by atoms with Crippen LogP contribution in [0.15, 0.2) is 28.9 Å². The Morgan fingerprint density at radius 3 is 2.90 bits per heavy atom. The molecule has 0 spiro atoms. The summed E-state index contributed by atoms with van der Waals surface area (Å²) in [6, 6.07) is 6.00. The molecule has 0 bridgehead atoms. The second-order valence-corrected chi connectivity index (χ2v) is 6.20. The van der Waals surface area contributed by atoms with Crippen LogP contribution in [0.25, 0.3) is 0 Å². The van der Waals surface area contributed by atoms with Crippen molar-refractivity contribution in [2.45, 2.75) is 19.9 Å². The van der Waals surface area contributed by atoms with Gasteiger partial charge in [-0.15, -0.1) is 0 Å². The van der Waals surface area contributed by atoms with Crippen LogP contribution in [0.3, 0.4) is 0 Å². The number of carbonyl (C=O) groups is 1. The van der Waals surface area contributed by atoms with Gasteiger partial charge in [0.2, 0.25) is 0 Å². The highest BCUT2D eigenvalue weighted by Gasteiger charge is 2.21. The lowest BCUT2D eigenvalue weighted by Crippen LogP contribution is -2.39. The fraction of sp³-hybridized carbons (Fsp3) is 0.333. The Bertz CT molecular complexity index is 695. The number of nitrogens with one attached hydrogen (secondary N) is 1. The number of amides is 2. The predicted octanol–water partition coefficient (Wildman–Crippen LogP) is 3.08. The highest BCUT2D eigenvalue weighted by Crippen LogP contribution is 2.26. The Morgan fingerprint density at radius 2 is 2.19 bits per heavy atom. The van der Waals surface area contributed by atoms with Crippen LogP contribution in [0.4, 0.5) is 10.6 Å². The maximum atomic E-state index is 12.3. The highest BCUT2D eigenvalue weighted by atomic mass is 79.9. The lowest BCUT2D eigenvalue weighted by atomic mass is 9.98. The average Bonchev–Trinajstić information content (AvgIpc) is 2.85. The standard InChI is InChI=1S/C15H17BrN4O/c1-10-7-11-3-6-20(9-12(11)8-13(10)16)15(21)17-14-4-5-19(2)18-14/h4-5,7-8H,3,6,9H2,1-2H3,(H,17,18,21). The average molecular weight is 349 g/mol. The van der Waals surface area contributed by atoms with Crippen molar-refractivity contribution < 1.29 is 4.79 Å². The van der Waals surface area contributed by atoms with Crippen LogP contribution in [0.1, 0.15) is 16.7 Å². The Balaban J connectivity index is 1.73. The fourth-order valence-corrected chi connectivity index (χ4v) is 2.94. The minimum absolute atomic E-state index is 0.101. The van der Waals surface area contributed by atoms with Crippen LogP contribution in [0.5, 0.6) is 0 Å². The van der Waals surface area contributed by atoms with Crippen LogP contribution in [0, 0.1) is 6.92 Å². The van der Waals surface area contributed by atoms with Gasteiger partial charge in [-0.1, -0.05) is 22.0 Å². The SMILES string of the molecule is Cc1cc2c(cc1Br)CN(C(=O)Nc1ccn(C)n1)CC2. The molecule has 2 aromatic rings. The highest BCUT2D eigenvalue weighted by molar-refractivity contribution is 9.10. The summed E-state index contributed by atoms with van der Waals surface area (Å²) in [5, 5.41) is 7.00. The number of carbonyl (C=O) groups excluding carboxylic acids is 1. The zero-order chi connectivity index (χ0) is 15.0. The number of aromatic nitrogens is 2. The van der Waals surface area contributed by atoms with Gasteiger partial charge in [-0.05, 0) is 36.1 Å². The van der Waals surface area contributed by atoms with Gasteiger partial charge in [0, 0.05) is 36.9 Å². The zero-order valence-electron chi connectivity index (χ0n) is 12.1. The van der Waals surface area contributed by atoms with E-state index in [1.807, 2.05) is 11.9 Å². The number of fused-ring (bicyclic) bond motifs is 1. The normalized spacial score (nSPS) is 14.0. The zero-order valence-corrected chi connectivity index (χ0v) is 13.6. The van der Waals surface area contributed by atoms with Crippen LogP contribution >= 0.6 is 15.9 Å². The molecule has 3 rings (SSSR count). The number of benzene rings is 1. The van der Waals surface area contributed by atoms with Gasteiger partial charge in [0.1, 0.15) is 0 Å². The van der Waals surface area contributed by atoms with Crippen molar-refractivity contribution in [3.63, 3.8) is 0 Å². The smallest absolute Gasteiger partial charge is 0.320 e. The van der Waals surface area contributed by atoms with Crippen molar-refractivity contribution in [2.24, 2.45) is 7.05 Å². The quantitative estimate of drug-likeness (QED) is 0.860. The van der Waals surface area contributed by atoms with E-state index in [1.165, 1.54) is 16.7 Å². The molecule has 1 aliphatic heterocycles. The van der Waals surface area contributed by atoms with E-state index in [4.69, 9.17) is 0 Å². The van der Waals surface area contributed by atoms with Crippen LogP contribution in [0.2, 0.25) is 0 Å². The van der Waals surface area contributed by atoms with Gasteiger partial charge in [0.05, 0.1) is 0 Å². The summed E-state index contributed by atoms with van der Waals surface area (Å²) in [5.41, 5.74) is 3.77. The maximum Gasteiger partial charge on any atom is 0.323 e. The molecule has 1 N–H and O–H groups in total. The lowest BCUT2D eigenvalue weighted by Gasteiger charge is -2.29. The first-order chi connectivity index (χ1) is 10.0. The Kier molecular flexibility index (Phi) is 3.71. The molecule has 1 aromatic carbocycles. The van der Waals surface area contributed by atoms with E-state index in [1.54, 1.807) is 16.9 Å². The first-order valence-electron chi connectivity index (χ1n) is 6.86. The van der Waals surface area contributed by atoms with Gasteiger partial charge in [0.15, 0.2) is 5.82 Å². The van der Waals surface area contributed by atoms with Crippen molar-refractivity contribution in [1.29, 1.82) is 0 Å². The van der Waals surface area contributed by atoms with Crippen LogP contribution in [-0.2, 0) is 20.0 Å². The second-order valence-electron chi connectivity index (χ2n) is 5.35. The molecule has 1 aromatic heterocycles. The largest absolute Gasteiger partial charge is 0.323 e. The van der Waals surface area contributed by atoms with Crippen molar-refractivity contribution >= 4 is 27.8 Å². The van der Waals surface area contributed by atoms with Crippen molar-refractivity contribution in [3.8, 4) is 0 Å². The Labute approximate surface area is 132 Å². The molecule has 1 aliphatic rings. The number of nitrogens with zero attached hydrogens (tertiary/aromatic N) is 3. The minimum atomic E-state index is -0.101. The van der Waals surface area contributed by atoms with E-state index in [0.717, 1.165) is 17.4 Å². The van der Waals surface area contributed by atoms with Gasteiger partial charge < -0.3 is 4.90 Å². The van der Waals surface area contributed by atoms with E-state index in [0.29, 0.717) is 12.4 Å². The maximum absolute atomic E-state index is 12.3. The molecule has 5 nitrogen and oxygen atoms in total. The Hall–Kier alpha value is -1.82. The first-order valence-corrected chi connectivity index (χ1v) is 7.66. The molecule has 110 valence electrons. The third-order valence-corrected chi connectivity index (χ3v) is 4.58. The summed E-state index contributed by atoms with van der Waals surface area (Å²) in [6.45, 7) is 3.45. The van der Waals surface area contributed by atoms with Crippen molar-refractivity contribution in [3.05, 3.63) is 45.6 Å². The molecular weight excluding hydrogens is 332 g/mol. The van der Waals surface area contributed by atoms with Crippen LogP contribution in [-0.4, -0.2) is 27.3 Å². The molecule has 0 unspecified atom stereocenters. The van der Waals surface area contributed by atoms with E-state index in [9.17, 15) is 4.79 Å². The van der Waals surface area contributed by atoms with Crippen LogP contribution < -0.4 is 5.32 Å². The van der Waals surface area contributed by atoms with E-state index in [2.05, 4.69) is 45.4 Å². The van der Waals surface area contributed by atoms with E-state index >= 15 is 0 Å². The third-order valence-electron chi connectivity index (χ3n) is 3.73. The summed E-state index contributed by atoms with van der Waals surface area (Å²) in [4.78, 5) is 14.1. The number of urea groups is 1. The van der Waals surface area contributed by atoms with Crippen molar-refractivity contribution in [2.75, 3.05) is 11.9 Å². The molecule has 2 amide bonds. The van der Waals surface area contributed by atoms with Gasteiger partial charge in [-0.25, -0.2) is 4.79 Å².